The Bertz CT molecular complexity index is 750. The molecule has 0 atom stereocenters. The van der Waals surface area contributed by atoms with Crippen LogP contribution >= 0.6 is 15.9 Å². The number of hydrogen-bond acceptors (Lipinski definition) is 5. The Morgan fingerprint density at radius 3 is 2.76 bits per heavy atom. The first-order valence-electron chi connectivity index (χ1n) is 6.58. The minimum Gasteiger partial charge on any atom is -0.419 e. The van der Waals surface area contributed by atoms with Gasteiger partial charge in [-0.25, -0.2) is 0 Å². The van der Waals surface area contributed by atoms with Crippen LogP contribution in [0.1, 0.15) is 17.3 Å². The van der Waals surface area contributed by atoms with E-state index in [9.17, 15) is 0 Å². The highest BCUT2D eigenvalue weighted by Gasteiger charge is 2.12. The molecular weight excluding hydrogens is 334 g/mol. The highest BCUT2D eigenvalue weighted by molar-refractivity contribution is 9.10. The van der Waals surface area contributed by atoms with Gasteiger partial charge in [-0.1, -0.05) is 6.07 Å². The Kier molecular flexibility index (Phi) is 3.83. The third-order valence-corrected chi connectivity index (χ3v) is 4.33. The van der Waals surface area contributed by atoms with Gasteiger partial charge in [-0.05, 0) is 41.9 Å². The second-order valence-corrected chi connectivity index (χ2v) is 5.47. The second kappa shape index (κ2) is 5.77. The van der Waals surface area contributed by atoms with Crippen LogP contribution in [0.5, 0.6) is 0 Å². The van der Waals surface area contributed by atoms with E-state index in [0.717, 1.165) is 15.9 Å². The number of pyridine rings is 1. The highest BCUT2D eigenvalue weighted by atomic mass is 79.9. The Balaban J connectivity index is 1.72. The molecule has 0 radical (unpaired) electrons. The van der Waals surface area contributed by atoms with Crippen LogP contribution in [-0.2, 0) is 13.0 Å². The highest BCUT2D eigenvalue weighted by Crippen LogP contribution is 2.20. The molecule has 21 heavy (non-hydrogen) atoms. The van der Waals surface area contributed by atoms with E-state index < -0.39 is 0 Å². The molecular formula is C14H14BrN5O. The normalized spacial score (nSPS) is 11.0. The van der Waals surface area contributed by atoms with Gasteiger partial charge in [0, 0.05) is 24.9 Å². The van der Waals surface area contributed by atoms with E-state index in [0.29, 0.717) is 30.4 Å². The third kappa shape index (κ3) is 2.87. The van der Waals surface area contributed by atoms with E-state index in [1.54, 1.807) is 6.20 Å². The summed E-state index contributed by atoms with van der Waals surface area (Å²) in [6.07, 6.45) is 2.33. The van der Waals surface area contributed by atoms with Gasteiger partial charge in [0.15, 0.2) is 0 Å². The van der Waals surface area contributed by atoms with Crippen LogP contribution in [0.2, 0.25) is 0 Å². The van der Waals surface area contributed by atoms with E-state index >= 15 is 0 Å². The molecule has 0 bridgehead atoms. The quantitative estimate of drug-likeness (QED) is 0.725. The maximum atomic E-state index is 5.63. The number of halogens is 1. The minimum atomic E-state index is 0.445. The van der Waals surface area contributed by atoms with Gasteiger partial charge in [0.1, 0.15) is 5.69 Å². The number of hydrogen-bond donors (Lipinski definition) is 0. The molecule has 0 N–H and O–H groups in total. The van der Waals surface area contributed by atoms with Crippen LogP contribution in [0, 0.1) is 13.8 Å². The molecule has 0 amide bonds. The average Bonchev–Trinajstić information content (AvgIpc) is 3.07. The number of aryl methyl sites for hydroxylation is 3. The topological polar surface area (TPSA) is 69.6 Å². The molecule has 0 saturated heterocycles. The predicted octanol–water partition coefficient (Wildman–Crippen LogP) is 2.95. The monoisotopic (exact) mass is 347 g/mol. The zero-order chi connectivity index (χ0) is 14.8. The lowest BCUT2D eigenvalue weighted by atomic mass is 10.3. The Hall–Kier alpha value is -2.02. The summed E-state index contributed by atoms with van der Waals surface area (Å²) in [4.78, 5) is 4.19. The van der Waals surface area contributed by atoms with Crippen molar-refractivity contribution in [2.24, 2.45) is 0 Å². The van der Waals surface area contributed by atoms with E-state index in [-0.39, 0.29) is 0 Å². The van der Waals surface area contributed by atoms with E-state index in [4.69, 9.17) is 4.42 Å². The van der Waals surface area contributed by atoms with E-state index in [1.807, 2.05) is 36.7 Å². The van der Waals surface area contributed by atoms with Gasteiger partial charge in [-0.2, -0.15) is 5.10 Å². The van der Waals surface area contributed by atoms with Crippen LogP contribution in [0.25, 0.3) is 11.6 Å². The number of nitrogens with zero attached hydrogens (tertiary/aromatic N) is 5. The molecule has 3 rings (SSSR count). The molecule has 108 valence electrons. The van der Waals surface area contributed by atoms with Gasteiger partial charge in [0.25, 0.3) is 5.89 Å². The molecule has 0 aromatic carbocycles. The van der Waals surface area contributed by atoms with Crippen LogP contribution < -0.4 is 0 Å². The van der Waals surface area contributed by atoms with Gasteiger partial charge >= 0.3 is 0 Å². The molecule has 3 heterocycles. The fraction of sp³-hybridized carbons (Fsp3) is 0.286. The summed E-state index contributed by atoms with van der Waals surface area (Å²) < 4.78 is 8.61. The van der Waals surface area contributed by atoms with Crippen molar-refractivity contribution < 1.29 is 4.42 Å². The van der Waals surface area contributed by atoms with Crippen molar-refractivity contribution >= 4 is 15.9 Å². The SMILES string of the molecule is Cc1nn(CCc2nnc(-c3ccccn3)o2)c(C)c1Br. The lowest BCUT2D eigenvalue weighted by Gasteiger charge is -2.01. The van der Waals surface area contributed by atoms with Crippen LogP contribution in [-0.4, -0.2) is 25.0 Å². The van der Waals surface area contributed by atoms with Crippen molar-refractivity contribution in [2.45, 2.75) is 26.8 Å². The Labute approximate surface area is 130 Å². The molecule has 0 unspecified atom stereocenters. The van der Waals surface area contributed by atoms with Crippen molar-refractivity contribution in [1.82, 2.24) is 25.0 Å². The molecule has 7 heteroatoms. The molecule has 0 fully saturated rings. The molecule has 0 saturated carbocycles. The first-order valence-corrected chi connectivity index (χ1v) is 7.37. The summed E-state index contributed by atoms with van der Waals surface area (Å²) in [5.74, 6) is 1.03. The summed E-state index contributed by atoms with van der Waals surface area (Å²) in [6.45, 7) is 4.69. The van der Waals surface area contributed by atoms with Crippen LogP contribution in [0.3, 0.4) is 0 Å². The van der Waals surface area contributed by atoms with Crippen LogP contribution in [0.15, 0.2) is 33.3 Å². The molecule has 0 spiro atoms. The van der Waals surface area contributed by atoms with Crippen molar-refractivity contribution in [3.05, 3.63) is 46.1 Å². The van der Waals surface area contributed by atoms with Crippen molar-refractivity contribution in [3.63, 3.8) is 0 Å². The van der Waals surface area contributed by atoms with Gasteiger partial charge < -0.3 is 4.42 Å². The molecule has 0 aliphatic carbocycles. The first-order chi connectivity index (χ1) is 10.1. The summed E-state index contributed by atoms with van der Waals surface area (Å²) >= 11 is 3.52. The molecule has 3 aromatic heterocycles. The van der Waals surface area contributed by atoms with Crippen molar-refractivity contribution in [2.75, 3.05) is 0 Å². The largest absolute Gasteiger partial charge is 0.419 e. The van der Waals surface area contributed by atoms with Gasteiger partial charge in [0.05, 0.1) is 10.2 Å². The maximum absolute atomic E-state index is 5.63. The van der Waals surface area contributed by atoms with Gasteiger partial charge in [0.2, 0.25) is 5.89 Å². The van der Waals surface area contributed by atoms with E-state index in [1.165, 1.54) is 0 Å². The average molecular weight is 348 g/mol. The fourth-order valence-corrected chi connectivity index (χ4v) is 2.33. The summed E-state index contributed by atoms with van der Waals surface area (Å²) in [7, 11) is 0. The standard InChI is InChI=1S/C14H14BrN5O/c1-9-13(15)10(2)20(19-9)8-6-12-17-18-14(21-12)11-5-3-4-7-16-11/h3-5,7H,6,8H2,1-2H3. The van der Waals surface area contributed by atoms with Gasteiger partial charge in [-0.3, -0.25) is 9.67 Å². The minimum absolute atomic E-state index is 0.445. The summed E-state index contributed by atoms with van der Waals surface area (Å²) in [6, 6.07) is 5.58. The third-order valence-electron chi connectivity index (χ3n) is 3.18. The predicted molar refractivity (Wildman–Crippen MR) is 80.6 cm³/mol. The van der Waals surface area contributed by atoms with Crippen molar-refractivity contribution in [3.8, 4) is 11.6 Å². The maximum Gasteiger partial charge on any atom is 0.266 e. The Morgan fingerprint density at radius 1 is 1.24 bits per heavy atom. The fourth-order valence-electron chi connectivity index (χ4n) is 2.04. The number of aromatic nitrogens is 5. The van der Waals surface area contributed by atoms with Gasteiger partial charge in [-0.15, -0.1) is 10.2 Å². The first kappa shape index (κ1) is 13.9. The summed E-state index contributed by atoms with van der Waals surface area (Å²) in [5, 5.41) is 12.5. The van der Waals surface area contributed by atoms with E-state index in [2.05, 4.69) is 36.2 Å². The lowest BCUT2D eigenvalue weighted by Crippen LogP contribution is -2.05. The zero-order valence-corrected chi connectivity index (χ0v) is 13.3. The Morgan fingerprint density at radius 2 is 2.10 bits per heavy atom. The molecule has 6 nitrogen and oxygen atoms in total. The van der Waals surface area contributed by atoms with Crippen LogP contribution in [0.4, 0.5) is 0 Å². The molecule has 0 aliphatic heterocycles. The second-order valence-electron chi connectivity index (χ2n) is 4.67. The van der Waals surface area contributed by atoms with Crippen molar-refractivity contribution in [1.29, 1.82) is 0 Å². The summed E-state index contributed by atoms with van der Waals surface area (Å²) in [5.41, 5.74) is 2.76. The lowest BCUT2D eigenvalue weighted by molar-refractivity contribution is 0.470. The zero-order valence-electron chi connectivity index (χ0n) is 11.7. The number of rotatable bonds is 4. The molecule has 3 aromatic rings. The molecule has 0 aliphatic rings. The smallest absolute Gasteiger partial charge is 0.266 e.